The fraction of sp³-hybridized carbons (Fsp3) is 0.273. The van der Waals surface area contributed by atoms with Crippen LogP contribution in [0.2, 0.25) is 0 Å². The van der Waals surface area contributed by atoms with Crippen LogP contribution in [0.4, 0.5) is 11.4 Å². The van der Waals surface area contributed by atoms with Crippen molar-refractivity contribution in [1.82, 2.24) is 0 Å². The lowest BCUT2D eigenvalue weighted by Gasteiger charge is -2.15. The molecule has 8 heteroatoms. The number of esters is 1. The van der Waals surface area contributed by atoms with Crippen molar-refractivity contribution in [2.75, 3.05) is 22.6 Å². The van der Waals surface area contributed by atoms with Crippen LogP contribution in [0.3, 0.4) is 0 Å². The lowest BCUT2D eigenvalue weighted by molar-refractivity contribution is -0.121. The van der Waals surface area contributed by atoms with Gasteiger partial charge in [-0.1, -0.05) is 18.2 Å². The Hall–Kier alpha value is -3.13. The lowest BCUT2D eigenvalue weighted by Crippen LogP contribution is -2.31. The molecule has 30 heavy (non-hydrogen) atoms. The third-order valence-electron chi connectivity index (χ3n) is 4.58. The van der Waals surface area contributed by atoms with E-state index in [0.717, 1.165) is 27.9 Å². The predicted octanol–water partition coefficient (Wildman–Crippen LogP) is 3.18. The first-order valence-electron chi connectivity index (χ1n) is 9.51. The molecule has 1 saturated heterocycles. The highest BCUT2D eigenvalue weighted by Gasteiger charge is 2.40. The minimum absolute atomic E-state index is 0.0285. The van der Waals surface area contributed by atoms with Gasteiger partial charge in [0.25, 0.3) is 0 Å². The van der Waals surface area contributed by atoms with Gasteiger partial charge in [0.2, 0.25) is 17.7 Å². The molecule has 7 nitrogen and oxygen atoms in total. The van der Waals surface area contributed by atoms with Crippen molar-refractivity contribution < 1.29 is 23.9 Å². The zero-order valence-corrected chi connectivity index (χ0v) is 17.5. The molecule has 3 amide bonds. The predicted molar refractivity (Wildman–Crippen MR) is 116 cm³/mol. The molecule has 1 heterocycles. The maximum absolute atomic E-state index is 12.7. The second-order valence-electron chi connectivity index (χ2n) is 6.70. The number of rotatable bonds is 7. The monoisotopic (exact) mass is 426 g/mol. The van der Waals surface area contributed by atoms with Gasteiger partial charge in [-0.25, -0.2) is 9.69 Å². The highest BCUT2D eigenvalue weighted by atomic mass is 32.2. The number of thioether (sulfide) groups is 1. The number of hydrogen-bond donors (Lipinski definition) is 1. The molecule has 0 aromatic heterocycles. The molecule has 2 aromatic carbocycles. The Kier molecular flexibility index (Phi) is 6.89. The van der Waals surface area contributed by atoms with Gasteiger partial charge in [0, 0.05) is 12.1 Å². The average molecular weight is 426 g/mol. The van der Waals surface area contributed by atoms with E-state index < -0.39 is 11.2 Å². The Balaban J connectivity index is 1.60. The molecule has 1 N–H and O–H groups in total. The summed E-state index contributed by atoms with van der Waals surface area (Å²) in [7, 11) is 0. The van der Waals surface area contributed by atoms with Crippen molar-refractivity contribution in [3.8, 4) is 0 Å². The Morgan fingerprint density at radius 2 is 1.83 bits per heavy atom. The first kappa shape index (κ1) is 21.6. The maximum Gasteiger partial charge on any atom is 0.338 e. The molecule has 1 aliphatic rings. The second-order valence-corrected chi connectivity index (χ2v) is 7.89. The molecule has 2 aromatic rings. The SMILES string of the molecule is CCOC(=O)c1ccc(N2C(=O)CC(SCC(=O)Nc3ccccc3C)C2=O)cc1. The van der Waals surface area contributed by atoms with E-state index >= 15 is 0 Å². The summed E-state index contributed by atoms with van der Waals surface area (Å²) < 4.78 is 4.93. The fourth-order valence-corrected chi connectivity index (χ4v) is 3.98. The van der Waals surface area contributed by atoms with Crippen LogP contribution in [0.5, 0.6) is 0 Å². The summed E-state index contributed by atoms with van der Waals surface area (Å²) in [6.07, 6.45) is 0.0285. The summed E-state index contributed by atoms with van der Waals surface area (Å²) in [5, 5.41) is 2.20. The number of para-hydroxylation sites is 1. The van der Waals surface area contributed by atoms with Crippen LogP contribution in [0.25, 0.3) is 0 Å². The molecule has 0 radical (unpaired) electrons. The minimum atomic E-state index is -0.621. The second kappa shape index (κ2) is 9.58. The number of carbonyl (C=O) groups excluding carboxylic acids is 4. The molecule has 0 bridgehead atoms. The van der Waals surface area contributed by atoms with Gasteiger partial charge in [0.15, 0.2) is 0 Å². The summed E-state index contributed by atoms with van der Waals surface area (Å²) in [6.45, 7) is 3.87. The number of amides is 3. The van der Waals surface area contributed by atoms with Crippen molar-refractivity contribution >= 4 is 46.8 Å². The zero-order chi connectivity index (χ0) is 21.7. The van der Waals surface area contributed by atoms with E-state index in [0.29, 0.717) is 11.3 Å². The van der Waals surface area contributed by atoms with Gasteiger partial charge >= 0.3 is 5.97 Å². The normalized spacial score (nSPS) is 15.9. The van der Waals surface area contributed by atoms with Crippen molar-refractivity contribution in [2.24, 2.45) is 0 Å². The van der Waals surface area contributed by atoms with Gasteiger partial charge in [0.05, 0.1) is 28.9 Å². The topological polar surface area (TPSA) is 92.8 Å². The first-order valence-corrected chi connectivity index (χ1v) is 10.6. The smallest absolute Gasteiger partial charge is 0.338 e. The van der Waals surface area contributed by atoms with Crippen LogP contribution in [0.15, 0.2) is 48.5 Å². The molecule has 1 fully saturated rings. The van der Waals surface area contributed by atoms with Gasteiger partial charge in [-0.2, -0.15) is 0 Å². The van der Waals surface area contributed by atoms with Gasteiger partial charge in [-0.3, -0.25) is 14.4 Å². The van der Waals surface area contributed by atoms with Crippen LogP contribution < -0.4 is 10.2 Å². The van der Waals surface area contributed by atoms with E-state index in [1.165, 1.54) is 12.1 Å². The molecule has 0 spiro atoms. The number of aryl methyl sites for hydroxylation is 1. The van der Waals surface area contributed by atoms with Gasteiger partial charge in [-0.05, 0) is 49.7 Å². The fourth-order valence-electron chi connectivity index (χ4n) is 3.04. The van der Waals surface area contributed by atoms with Crippen molar-refractivity contribution in [2.45, 2.75) is 25.5 Å². The number of nitrogens with one attached hydrogen (secondary N) is 1. The standard InChI is InChI=1S/C22H22N2O5S/c1-3-29-22(28)15-8-10-16(11-9-15)24-20(26)12-18(21(24)27)30-13-19(25)23-17-7-5-4-6-14(17)2/h4-11,18H,3,12-13H2,1-2H3,(H,23,25). The van der Waals surface area contributed by atoms with Gasteiger partial charge in [0.1, 0.15) is 0 Å². The number of ether oxygens (including phenoxy) is 1. The van der Waals surface area contributed by atoms with Crippen LogP contribution in [-0.4, -0.2) is 41.3 Å². The first-order chi connectivity index (χ1) is 14.4. The molecule has 0 aliphatic carbocycles. The molecule has 3 rings (SSSR count). The van der Waals surface area contributed by atoms with E-state index in [1.807, 2.05) is 31.2 Å². The molecular weight excluding hydrogens is 404 g/mol. The molecular formula is C22H22N2O5S. The van der Waals surface area contributed by atoms with Crippen LogP contribution >= 0.6 is 11.8 Å². The lowest BCUT2D eigenvalue weighted by atomic mass is 10.2. The Morgan fingerprint density at radius 3 is 2.50 bits per heavy atom. The zero-order valence-electron chi connectivity index (χ0n) is 16.7. The summed E-state index contributed by atoms with van der Waals surface area (Å²) in [6, 6.07) is 13.5. The number of nitrogens with zero attached hydrogens (tertiary/aromatic N) is 1. The van der Waals surface area contributed by atoms with E-state index in [9.17, 15) is 19.2 Å². The van der Waals surface area contributed by atoms with Crippen LogP contribution in [-0.2, 0) is 19.1 Å². The van der Waals surface area contributed by atoms with E-state index in [2.05, 4.69) is 5.32 Å². The van der Waals surface area contributed by atoms with Crippen molar-refractivity contribution in [3.05, 3.63) is 59.7 Å². The number of imide groups is 1. The van der Waals surface area contributed by atoms with E-state index in [-0.39, 0.29) is 36.5 Å². The van der Waals surface area contributed by atoms with E-state index in [4.69, 9.17) is 4.74 Å². The molecule has 156 valence electrons. The van der Waals surface area contributed by atoms with Crippen molar-refractivity contribution in [1.29, 1.82) is 0 Å². The Morgan fingerprint density at radius 1 is 1.13 bits per heavy atom. The van der Waals surface area contributed by atoms with Gasteiger partial charge < -0.3 is 10.1 Å². The minimum Gasteiger partial charge on any atom is -0.462 e. The number of benzene rings is 2. The molecule has 0 saturated carbocycles. The largest absolute Gasteiger partial charge is 0.462 e. The van der Waals surface area contributed by atoms with Crippen molar-refractivity contribution in [3.63, 3.8) is 0 Å². The quantitative estimate of drug-likeness (QED) is 0.540. The number of anilines is 2. The van der Waals surface area contributed by atoms with Gasteiger partial charge in [-0.15, -0.1) is 11.8 Å². The number of hydrogen-bond acceptors (Lipinski definition) is 6. The summed E-state index contributed by atoms with van der Waals surface area (Å²) >= 11 is 1.14. The molecule has 1 aliphatic heterocycles. The highest BCUT2D eigenvalue weighted by molar-refractivity contribution is 8.01. The third-order valence-corrected chi connectivity index (χ3v) is 5.78. The maximum atomic E-state index is 12.7. The van der Waals surface area contributed by atoms with Crippen LogP contribution in [0.1, 0.15) is 29.3 Å². The van der Waals surface area contributed by atoms with Crippen LogP contribution in [0, 0.1) is 6.92 Å². The molecule has 1 atom stereocenters. The Labute approximate surface area is 178 Å². The van der Waals surface area contributed by atoms with E-state index in [1.54, 1.807) is 19.1 Å². The number of carbonyl (C=O) groups is 4. The summed E-state index contributed by atoms with van der Waals surface area (Å²) in [5.41, 5.74) is 2.41. The summed E-state index contributed by atoms with van der Waals surface area (Å²) in [5.74, 6) is -1.32. The highest BCUT2D eigenvalue weighted by Crippen LogP contribution is 2.30. The summed E-state index contributed by atoms with van der Waals surface area (Å²) in [4.78, 5) is 50.2. The average Bonchev–Trinajstić information content (AvgIpc) is 3.01. The Bertz CT molecular complexity index is 974. The molecule has 1 unspecified atom stereocenters. The third kappa shape index (κ3) is 4.88.